The second kappa shape index (κ2) is 7.50. The summed E-state index contributed by atoms with van der Waals surface area (Å²) in [5.74, 6) is 0.140. The number of aryl methyl sites for hydroxylation is 2. The molecule has 1 aliphatic rings. The standard InChI is InChI=1S/C17H22FN5O2/c1-3-12-10-15(22(2)21-12)20-17(24)23-9-5-6-13(11-23)25-16-14(18)7-4-8-19-16/h4,7-8,10,13H,3,5-6,9,11H2,1-2H3,(H,20,24)/t13-/m0/s1. The molecule has 0 unspecified atom stereocenters. The first-order valence-electron chi connectivity index (χ1n) is 8.43. The fourth-order valence-electron chi connectivity index (χ4n) is 2.84. The number of piperidine rings is 1. The highest BCUT2D eigenvalue weighted by molar-refractivity contribution is 5.88. The van der Waals surface area contributed by atoms with Gasteiger partial charge in [-0.1, -0.05) is 6.92 Å². The van der Waals surface area contributed by atoms with Crippen LogP contribution in [0.25, 0.3) is 0 Å². The fourth-order valence-corrected chi connectivity index (χ4v) is 2.84. The predicted molar refractivity (Wildman–Crippen MR) is 91.0 cm³/mol. The number of hydrogen-bond acceptors (Lipinski definition) is 4. The van der Waals surface area contributed by atoms with Crippen molar-refractivity contribution >= 4 is 11.8 Å². The Kier molecular flexibility index (Phi) is 5.16. The number of aromatic nitrogens is 3. The number of likely N-dealkylation sites (tertiary alicyclic amines) is 1. The van der Waals surface area contributed by atoms with E-state index in [1.165, 1.54) is 18.3 Å². The second-order valence-corrected chi connectivity index (χ2v) is 6.05. The van der Waals surface area contributed by atoms with Crippen LogP contribution in [0.15, 0.2) is 24.4 Å². The molecule has 7 nitrogen and oxygen atoms in total. The molecule has 8 heteroatoms. The first kappa shape index (κ1) is 17.2. The van der Waals surface area contributed by atoms with E-state index in [0.29, 0.717) is 18.9 Å². The Morgan fingerprint density at radius 3 is 3.08 bits per heavy atom. The zero-order valence-corrected chi connectivity index (χ0v) is 14.4. The van der Waals surface area contributed by atoms with Gasteiger partial charge in [-0.05, 0) is 31.4 Å². The van der Waals surface area contributed by atoms with Crippen LogP contribution >= 0.6 is 0 Å². The van der Waals surface area contributed by atoms with E-state index in [1.54, 1.807) is 16.6 Å². The van der Waals surface area contributed by atoms with E-state index >= 15 is 0 Å². The lowest BCUT2D eigenvalue weighted by Gasteiger charge is -2.32. The average Bonchev–Trinajstić information content (AvgIpc) is 2.97. The van der Waals surface area contributed by atoms with Gasteiger partial charge in [0.15, 0.2) is 5.82 Å². The van der Waals surface area contributed by atoms with Crippen molar-refractivity contribution in [3.63, 3.8) is 0 Å². The van der Waals surface area contributed by atoms with E-state index in [-0.39, 0.29) is 18.0 Å². The third-order valence-corrected chi connectivity index (χ3v) is 4.20. The van der Waals surface area contributed by atoms with Crippen LogP contribution in [0.5, 0.6) is 5.88 Å². The monoisotopic (exact) mass is 347 g/mol. The molecule has 2 aromatic heterocycles. The van der Waals surface area contributed by atoms with Crippen molar-refractivity contribution < 1.29 is 13.9 Å². The zero-order chi connectivity index (χ0) is 17.8. The van der Waals surface area contributed by atoms with Crippen LogP contribution in [0.3, 0.4) is 0 Å². The summed E-state index contributed by atoms with van der Waals surface area (Å²) in [5, 5.41) is 7.19. The van der Waals surface area contributed by atoms with Crippen LogP contribution in [0.2, 0.25) is 0 Å². The summed E-state index contributed by atoms with van der Waals surface area (Å²) < 4.78 is 21.0. The maximum Gasteiger partial charge on any atom is 0.323 e. The van der Waals surface area contributed by atoms with E-state index in [1.807, 2.05) is 13.0 Å². The Hall–Kier alpha value is -2.64. The molecule has 3 rings (SSSR count). The van der Waals surface area contributed by atoms with Crippen LogP contribution < -0.4 is 10.1 Å². The van der Waals surface area contributed by atoms with Crippen LogP contribution in [-0.2, 0) is 13.5 Å². The number of rotatable bonds is 4. The number of nitrogens with zero attached hydrogens (tertiary/aromatic N) is 4. The summed E-state index contributed by atoms with van der Waals surface area (Å²) in [7, 11) is 1.79. The zero-order valence-electron chi connectivity index (χ0n) is 14.4. The number of carbonyl (C=O) groups excluding carboxylic acids is 1. The number of anilines is 1. The Balaban J connectivity index is 1.61. The molecule has 0 aliphatic carbocycles. The highest BCUT2D eigenvalue weighted by Gasteiger charge is 2.26. The van der Waals surface area contributed by atoms with Crippen LogP contribution in [0.1, 0.15) is 25.5 Å². The highest BCUT2D eigenvalue weighted by atomic mass is 19.1. The van der Waals surface area contributed by atoms with Crippen LogP contribution in [0, 0.1) is 5.82 Å². The molecular weight excluding hydrogens is 325 g/mol. The summed E-state index contributed by atoms with van der Waals surface area (Å²) in [6.45, 7) is 3.03. The largest absolute Gasteiger partial charge is 0.470 e. The molecular formula is C17H22FN5O2. The molecule has 134 valence electrons. The van der Waals surface area contributed by atoms with Crippen molar-refractivity contribution in [2.24, 2.45) is 7.05 Å². The normalized spacial score (nSPS) is 17.4. The van der Waals surface area contributed by atoms with E-state index < -0.39 is 5.82 Å². The molecule has 1 saturated heterocycles. The van der Waals surface area contributed by atoms with Crippen molar-refractivity contribution in [1.29, 1.82) is 0 Å². The molecule has 0 aromatic carbocycles. The molecule has 0 radical (unpaired) electrons. The first-order chi connectivity index (χ1) is 12.1. The van der Waals surface area contributed by atoms with Crippen molar-refractivity contribution in [1.82, 2.24) is 19.7 Å². The summed E-state index contributed by atoms with van der Waals surface area (Å²) in [6.07, 6.45) is 3.56. The lowest BCUT2D eigenvalue weighted by molar-refractivity contribution is 0.0986. The van der Waals surface area contributed by atoms with E-state index in [9.17, 15) is 9.18 Å². The lowest BCUT2D eigenvalue weighted by atomic mass is 10.1. The minimum Gasteiger partial charge on any atom is -0.470 e. The topological polar surface area (TPSA) is 72.3 Å². The Morgan fingerprint density at radius 1 is 1.52 bits per heavy atom. The molecule has 2 aromatic rings. The van der Waals surface area contributed by atoms with Crippen molar-refractivity contribution in [2.75, 3.05) is 18.4 Å². The summed E-state index contributed by atoms with van der Waals surface area (Å²) in [5.41, 5.74) is 0.920. The van der Waals surface area contributed by atoms with Gasteiger partial charge in [-0.15, -0.1) is 0 Å². The summed E-state index contributed by atoms with van der Waals surface area (Å²) in [4.78, 5) is 18.1. The molecule has 1 aliphatic heterocycles. The van der Waals surface area contributed by atoms with Gasteiger partial charge in [0.25, 0.3) is 5.88 Å². The number of urea groups is 1. The van der Waals surface area contributed by atoms with Gasteiger partial charge in [-0.2, -0.15) is 5.10 Å². The molecule has 3 heterocycles. The Bertz CT molecular complexity index is 748. The maximum absolute atomic E-state index is 13.7. The number of ether oxygens (including phenoxy) is 1. The van der Waals surface area contributed by atoms with Gasteiger partial charge in [0, 0.05) is 25.9 Å². The minimum absolute atomic E-state index is 0.0195. The van der Waals surface area contributed by atoms with Gasteiger partial charge < -0.3 is 9.64 Å². The number of hydrogen-bond donors (Lipinski definition) is 1. The van der Waals surface area contributed by atoms with E-state index in [2.05, 4.69) is 15.4 Å². The maximum atomic E-state index is 13.7. The number of halogens is 1. The smallest absolute Gasteiger partial charge is 0.323 e. The van der Waals surface area contributed by atoms with Gasteiger partial charge in [0.1, 0.15) is 11.9 Å². The van der Waals surface area contributed by atoms with Crippen LogP contribution in [0.4, 0.5) is 15.0 Å². The quantitative estimate of drug-likeness (QED) is 0.923. The molecule has 0 spiro atoms. The molecule has 1 N–H and O–H groups in total. The first-order valence-corrected chi connectivity index (χ1v) is 8.43. The molecule has 1 fully saturated rings. The van der Waals surface area contributed by atoms with Crippen molar-refractivity contribution in [2.45, 2.75) is 32.3 Å². The van der Waals surface area contributed by atoms with Crippen molar-refractivity contribution in [3.8, 4) is 5.88 Å². The molecule has 2 amide bonds. The molecule has 1 atom stereocenters. The van der Waals surface area contributed by atoms with E-state index in [4.69, 9.17) is 4.74 Å². The molecule has 0 bridgehead atoms. The number of carbonyl (C=O) groups is 1. The molecule has 0 saturated carbocycles. The second-order valence-electron chi connectivity index (χ2n) is 6.05. The van der Waals surface area contributed by atoms with Gasteiger partial charge in [0.05, 0.1) is 12.2 Å². The number of nitrogens with one attached hydrogen (secondary N) is 1. The van der Waals surface area contributed by atoms with E-state index in [0.717, 1.165) is 25.0 Å². The number of amides is 2. The summed E-state index contributed by atoms with van der Waals surface area (Å²) >= 11 is 0. The Labute approximate surface area is 145 Å². The van der Waals surface area contributed by atoms with Gasteiger partial charge in [-0.3, -0.25) is 10.00 Å². The minimum atomic E-state index is -0.494. The third-order valence-electron chi connectivity index (χ3n) is 4.20. The average molecular weight is 347 g/mol. The third kappa shape index (κ3) is 4.07. The van der Waals surface area contributed by atoms with Crippen LogP contribution in [-0.4, -0.2) is 44.9 Å². The SMILES string of the molecule is CCc1cc(NC(=O)N2CCC[C@H](Oc3ncccc3F)C2)n(C)n1. The number of pyridine rings is 1. The lowest BCUT2D eigenvalue weighted by Crippen LogP contribution is -2.46. The van der Waals surface area contributed by atoms with Gasteiger partial charge >= 0.3 is 6.03 Å². The fraction of sp³-hybridized carbons (Fsp3) is 0.471. The Morgan fingerprint density at radius 2 is 2.36 bits per heavy atom. The van der Waals surface area contributed by atoms with Gasteiger partial charge in [0.2, 0.25) is 0 Å². The predicted octanol–water partition coefficient (Wildman–Crippen LogP) is 2.59. The molecule has 25 heavy (non-hydrogen) atoms. The van der Waals surface area contributed by atoms with Gasteiger partial charge in [-0.25, -0.2) is 14.2 Å². The highest BCUT2D eigenvalue weighted by Crippen LogP contribution is 2.20. The van der Waals surface area contributed by atoms with Crippen molar-refractivity contribution in [3.05, 3.63) is 35.9 Å². The summed E-state index contributed by atoms with van der Waals surface area (Å²) in [6, 6.07) is 4.48.